The Labute approximate surface area is 173 Å². The lowest BCUT2D eigenvalue weighted by atomic mass is 10.1. The molecule has 0 aliphatic carbocycles. The molecule has 2 aromatic carbocycles. The van der Waals surface area contributed by atoms with E-state index in [9.17, 15) is 14.8 Å². The molecule has 0 spiro atoms. The van der Waals surface area contributed by atoms with Crippen LogP contribution in [0.5, 0.6) is 5.75 Å². The second kappa shape index (κ2) is 9.83. The van der Waals surface area contributed by atoms with Crippen LogP contribution in [0.2, 0.25) is 0 Å². The molecule has 1 amide bonds. The summed E-state index contributed by atoms with van der Waals surface area (Å²) in [5, 5.41) is 14.3. The number of carbonyl (C=O) groups excluding carboxylic acids is 2. The number of amides is 1. The Morgan fingerprint density at radius 3 is 2.63 bits per heavy atom. The van der Waals surface area contributed by atoms with Gasteiger partial charge in [0.2, 0.25) is 5.91 Å². The molecule has 0 atom stereocenters. The fourth-order valence-corrected chi connectivity index (χ4v) is 2.53. The topological polar surface area (TPSA) is 104 Å². The Kier molecular flexibility index (Phi) is 6.73. The third-order valence-corrected chi connectivity index (χ3v) is 4.07. The van der Waals surface area contributed by atoms with E-state index in [1.165, 1.54) is 30.6 Å². The number of carbonyl (C=O) groups is 2. The Morgan fingerprint density at radius 1 is 1.13 bits per heavy atom. The van der Waals surface area contributed by atoms with Crippen molar-refractivity contribution in [3.8, 4) is 5.75 Å². The number of aromatic nitrogens is 2. The van der Waals surface area contributed by atoms with Crippen LogP contribution in [0.3, 0.4) is 0 Å². The van der Waals surface area contributed by atoms with Crippen molar-refractivity contribution < 1.29 is 23.8 Å². The first kappa shape index (κ1) is 20.5. The first-order valence-corrected chi connectivity index (χ1v) is 8.99. The van der Waals surface area contributed by atoms with Crippen molar-refractivity contribution >= 4 is 23.6 Å². The summed E-state index contributed by atoms with van der Waals surface area (Å²) < 4.78 is 10.8. The van der Waals surface area contributed by atoms with Crippen molar-refractivity contribution in [2.45, 2.75) is 6.61 Å². The highest BCUT2D eigenvalue weighted by molar-refractivity contribution is 6.06. The fourth-order valence-electron chi connectivity index (χ4n) is 2.53. The number of esters is 1. The van der Waals surface area contributed by atoms with E-state index in [1.807, 2.05) is 12.1 Å². The second-order valence-electron chi connectivity index (χ2n) is 6.08. The molecule has 0 saturated carbocycles. The van der Waals surface area contributed by atoms with E-state index in [-0.39, 0.29) is 18.0 Å². The summed E-state index contributed by atoms with van der Waals surface area (Å²) in [6.07, 6.45) is 5.70. The average molecular weight is 405 g/mol. The van der Waals surface area contributed by atoms with Gasteiger partial charge in [-0.1, -0.05) is 24.3 Å². The lowest BCUT2D eigenvalue weighted by Crippen LogP contribution is -2.33. The van der Waals surface area contributed by atoms with Gasteiger partial charge in [-0.2, -0.15) is 0 Å². The molecule has 30 heavy (non-hydrogen) atoms. The zero-order valence-electron chi connectivity index (χ0n) is 16.1. The summed E-state index contributed by atoms with van der Waals surface area (Å²) >= 11 is 0. The zero-order chi connectivity index (χ0) is 21.3. The lowest BCUT2D eigenvalue weighted by Gasteiger charge is -2.10. The quantitative estimate of drug-likeness (QED) is 0.281. The largest absolute Gasteiger partial charge is 0.711 e. The number of hydrogen-bond donors (Lipinski definition) is 1. The standard InChI is InChI=1S/C22H19N3O5/c1-29-17-10-7-16(8-11-17)9-12-21(26)24-19-6-3-2-5-18(19)22(27)30-15-20-23-13-4-14-25(20)28/h2-14H,15H2,1H3,(H,24,26)/b12-9+. The summed E-state index contributed by atoms with van der Waals surface area (Å²) in [7, 11) is 1.58. The molecule has 1 aromatic heterocycles. The van der Waals surface area contributed by atoms with Crippen LogP contribution in [0, 0.1) is 5.21 Å². The van der Waals surface area contributed by atoms with E-state index in [1.54, 1.807) is 43.5 Å². The third-order valence-electron chi connectivity index (χ3n) is 4.07. The number of nitrogens with zero attached hydrogens (tertiary/aromatic N) is 2. The molecule has 0 fully saturated rings. The Balaban J connectivity index is 1.65. The molecule has 0 bridgehead atoms. The lowest BCUT2D eigenvalue weighted by molar-refractivity contribution is -0.620. The maximum absolute atomic E-state index is 12.4. The van der Waals surface area contributed by atoms with Crippen LogP contribution in [0.15, 0.2) is 73.1 Å². The predicted molar refractivity (Wildman–Crippen MR) is 109 cm³/mol. The summed E-state index contributed by atoms with van der Waals surface area (Å²) in [5.41, 5.74) is 1.28. The van der Waals surface area contributed by atoms with Crippen LogP contribution in [0.1, 0.15) is 21.7 Å². The van der Waals surface area contributed by atoms with Gasteiger partial charge in [-0.05, 0) is 40.9 Å². The molecule has 0 unspecified atom stereocenters. The second-order valence-corrected chi connectivity index (χ2v) is 6.08. The molecule has 0 radical (unpaired) electrons. The number of methoxy groups -OCH3 is 1. The number of hydrogen-bond acceptors (Lipinski definition) is 6. The third kappa shape index (κ3) is 5.41. The molecule has 3 rings (SSSR count). The molecule has 8 heteroatoms. The smallest absolute Gasteiger partial charge is 0.340 e. The van der Waals surface area contributed by atoms with Crippen molar-refractivity contribution in [1.82, 2.24) is 4.98 Å². The molecule has 3 aromatic rings. The molecule has 0 aliphatic rings. The predicted octanol–water partition coefficient (Wildman–Crippen LogP) is 2.73. The van der Waals surface area contributed by atoms with Gasteiger partial charge in [-0.3, -0.25) is 4.79 Å². The molecular formula is C22H19N3O5. The number of nitrogens with one attached hydrogen (secondary N) is 1. The number of anilines is 1. The molecule has 0 aliphatic heterocycles. The number of ether oxygens (including phenoxy) is 2. The van der Waals surface area contributed by atoms with Crippen molar-refractivity contribution in [2.24, 2.45) is 0 Å². The summed E-state index contributed by atoms with van der Waals surface area (Å²) in [5.74, 6) is -0.323. The molecule has 1 N–H and O–H groups in total. The summed E-state index contributed by atoms with van der Waals surface area (Å²) in [4.78, 5) is 28.6. The first-order valence-electron chi connectivity index (χ1n) is 8.99. The van der Waals surface area contributed by atoms with Crippen LogP contribution in [0.25, 0.3) is 6.08 Å². The van der Waals surface area contributed by atoms with Gasteiger partial charge in [0.15, 0.2) is 6.61 Å². The molecule has 152 valence electrons. The highest BCUT2D eigenvalue weighted by Gasteiger charge is 2.16. The SMILES string of the molecule is COc1ccc(/C=C/C(=O)Nc2ccccc2C(=O)OCc2nccc[n+]2[O-])cc1. The van der Waals surface area contributed by atoms with E-state index in [0.29, 0.717) is 10.4 Å². The minimum atomic E-state index is -0.685. The summed E-state index contributed by atoms with van der Waals surface area (Å²) in [6, 6.07) is 15.1. The normalized spacial score (nSPS) is 10.6. The minimum Gasteiger partial charge on any atom is -0.711 e. The van der Waals surface area contributed by atoms with E-state index < -0.39 is 11.9 Å². The van der Waals surface area contributed by atoms with Crippen LogP contribution in [0.4, 0.5) is 5.69 Å². The van der Waals surface area contributed by atoms with Gasteiger partial charge in [0.25, 0.3) is 0 Å². The van der Waals surface area contributed by atoms with Crippen LogP contribution < -0.4 is 14.8 Å². The fraction of sp³-hybridized carbons (Fsp3) is 0.0909. The van der Waals surface area contributed by atoms with Crippen molar-refractivity contribution in [3.63, 3.8) is 0 Å². The molecule has 8 nitrogen and oxygen atoms in total. The zero-order valence-corrected chi connectivity index (χ0v) is 16.1. The molecule has 1 heterocycles. The first-order chi connectivity index (χ1) is 14.6. The van der Waals surface area contributed by atoms with Crippen molar-refractivity contribution in [1.29, 1.82) is 0 Å². The van der Waals surface area contributed by atoms with Gasteiger partial charge in [0, 0.05) is 12.1 Å². The highest BCUT2D eigenvalue weighted by atomic mass is 16.5. The monoisotopic (exact) mass is 405 g/mol. The number of para-hydroxylation sites is 1. The van der Waals surface area contributed by atoms with Gasteiger partial charge < -0.3 is 20.0 Å². The minimum absolute atomic E-state index is 0.0507. The number of rotatable bonds is 7. The van der Waals surface area contributed by atoms with Gasteiger partial charge >= 0.3 is 11.8 Å². The van der Waals surface area contributed by atoms with E-state index >= 15 is 0 Å². The van der Waals surface area contributed by atoms with Gasteiger partial charge in [-0.25, -0.2) is 9.52 Å². The summed E-state index contributed by atoms with van der Waals surface area (Å²) in [6.45, 7) is -0.289. The van der Waals surface area contributed by atoms with Gasteiger partial charge in [0.05, 0.1) is 24.6 Å². The molecule has 0 saturated heterocycles. The van der Waals surface area contributed by atoms with Crippen LogP contribution >= 0.6 is 0 Å². The van der Waals surface area contributed by atoms with Gasteiger partial charge in [0.1, 0.15) is 11.9 Å². The van der Waals surface area contributed by atoms with Crippen LogP contribution in [-0.2, 0) is 16.1 Å². The Hall–Kier alpha value is -4.20. The maximum atomic E-state index is 12.4. The highest BCUT2D eigenvalue weighted by Crippen LogP contribution is 2.17. The Bertz CT molecular complexity index is 1060. The van der Waals surface area contributed by atoms with Crippen LogP contribution in [-0.4, -0.2) is 24.0 Å². The Morgan fingerprint density at radius 2 is 1.90 bits per heavy atom. The van der Waals surface area contributed by atoms with E-state index in [4.69, 9.17) is 9.47 Å². The molecular weight excluding hydrogens is 386 g/mol. The average Bonchev–Trinajstić information content (AvgIpc) is 2.77. The van der Waals surface area contributed by atoms with Crippen molar-refractivity contribution in [3.05, 3.63) is 95.2 Å². The van der Waals surface area contributed by atoms with E-state index in [0.717, 1.165) is 11.3 Å². The van der Waals surface area contributed by atoms with E-state index in [2.05, 4.69) is 10.3 Å². The maximum Gasteiger partial charge on any atom is 0.340 e. The van der Waals surface area contributed by atoms with Crippen molar-refractivity contribution in [2.75, 3.05) is 12.4 Å². The number of benzene rings is 2. The van der Waals surface area contributed by atoms with Gasteiger partial charge in [-0.15, -0.1) is 0 Å².